The van der Waals surface area contributed by atoms with E-state index >= 15 is 0 Å². The van der Waals surface area contributed by atoms with Crippen molar-refractivity contribution in [3.05, 3.63) is 88.0 Å². The van der Waals surface area contributed by atoms with Crippen LogP contribution in [0.25, 0.3) is 11.1 Å². The standard InChI is InChI=1S/C21H18N2O4S/c1-28(26,27)21-12-17(23(24)25)10-11-20(21)22-13-15-6-2-4-8-18(15)19-9-5-3-7-16(19)14-22/h2-12H,13-14H2,1H3. The molecule has 3 aromatic carbocycles. The average molecular weight is 394 g/mol. The lowest BCUT2D eigenvalue weighted by Gasteiger charge is -2.25. The summed E-state index contributed by atoms with van der Waals surface area (Å²) >= 11 is 0. The molecule has 0 bridgehead atoms. The van der Waals surface area contributed by atoms with Crippen molar-refractivity contribution in [2.24, 2.45) is 0 Å². The van der Waals surface area contributed by atoms with E-state index in [9.17, 15) is 18.5 Å². The topological polar surface area (TPSA) is 80.5 Å². The van der Waals surface area contributed by atoms with Crippen LogP contribution < -0.4 is 4.90 Å². The molecule has 0 saturated heterocycles. The number of hydrogen-bond acceptors (Lipinski definition) is 5. The van der Waals surface area contributed by atoms with Crippen LogP contribution >= 0.6 is 0 Å². The van der Waals surface area contributed by atoms with E-state index in [1.165, 1.54) is 12.1 Å². The first-order valence-corrected chi connectivity index (χ1v) is 10.6. The molecule has 0 fully saturated rings. The smallest absolute Gasteiger partial charge is 0.270 e. The molecule has 0 atom stereocenters. The zero-order valence-corrected chi connectivity index (χ0v) is 16.0. The molecule has 28 heavy (non-hydrogen) atoms. The molecule has 6 nitrogen and oxygen atoms in total. The van der Waals surface area contributed by atoms with E-state index in [-0.39, 0.29) is 10.6 Å². The Morgan fingerprint density at radius 2 is 1.43 bits per heavy atom. The van der Waals surface area contributed by atoms with Gasteiger partial charge in [0.1, 0.15) is 0 Å². The van der Waals surface area contributed by atoms with Gasteiger partial charge < -0.3 is 4.90 Å². The highest BCUT2D eigenvalue weighted by molar-refractivity contribution is 7.90. The Morgan fingerprint density at radius 3 is 1.93 bits per heavy atom. The molecule has 4 rings (SSSR count). The molecule has 0 saturated carbocycles. The summed E-state index contributed by atoms with van der Waals surface area (Å²) in [6.07, 6.45) is 1.08. The summed E-state index contributed by atoms with van der Waals surface area (Å²) in [5.74, 6) is 0. The van der Waals surface area contributed by atoms with Crippen molar-refractivity contribution in [2.45, 2.75) is 18.0 Å². The van der Waals surface area contributed by atoms with Crippen LogP contribution in [-0.2, 0) is 22.9 Å². The Morgan fingerprint density at radius 1 is 0.893 bits per heavy atom. The Labute approximate surface area is 163 Å². The van der Waals surface area contributed by atoms with Crippen molar-refractivity contribution < 1.29 is 13.3 Å². The third kappa shape index (κ3) is 3.25. The second-order valence-corrected chi connectivity index (χ2v) is 8.84. The van der Waals surface area contributed by atoms with Gasteiger partial charge in [0.25, 0.3) is 5.69 Å². The second-order valence-electron chi connectivity index (χ2n) is 6.85. The number of nitro benzene ring substituents is 1. The van der Waals surface area contributed by atoms with Crippen molar-refractivity contribution >= 4 is 21.2 Å². The van der Waals surface area contributed by atoms with Crippen LogP contribution in [0, 0.1) is 10.1 Å². The molecule has 1 aliphatic heterocycles. The molecule has 0 radical (unpaired) electrons. The van der Waals surface area contributed by atoms with Gasteiger partial charge in [0, 0.05) is 31.5 Å². The molecule has 0 aliphatic carbocycles. The van der Waals surface area contributed by atoms with E-state index in [2.05, 4.69) is 12.1 Å². The van der Waals surface area contributed by atoms with Gasteiger partial charge in [-0.05, 0) is 28.3 Å². The zero-order valence-electron chi connectivity index (χ0n) is 15.2. The lowest BCUT2D eigenvalue weighted by atomic mass is 9.97. The summed E-state index contributed by atoms with van der Waals surface area (Å²) in [5, 5.41) is 11.1. The monoisotopic (exact) mass is 394 g/mol. The number of hydrogen-bond donors (Lipinski definition) is 0. The molecule has 0 N–H and O–H groups in total. The van der Waals surface area contributed by atoms with E-state index in [1.54, 1.807) is 0 Å². The summed E-state index contributed by atoms with van der Waals surface area (Å²) < 4.78 is 24.8. The van der Waals surface area contributed by atoms with Gasteiger partial charge in [0.15, 0.2) is 9.84 Å². The number of fused-ring (bicyclic) bond motifs is 3. The van der Waals surface area contributed by atoms with Crippen molar-refractivity contribution in [3.63, 3.8) is 0 Å². The Kier molecular flexibility index (Phi) is 4.39. The molecule has 7 heteroatoms. The van der Waals surface area contributed by atoms with Gasteiger partial charge in [0.2, 0.25) is 0 Å². The van der Waals surface area contributed by atoms with E-state index in [0.717, 1.165) is 34.6 Å². The first-order valence-electron chi connectivity index (χ1n) is 8.74. The first-order chi connectivity index (χ1) is 13.3. The molecule has 0 aromatic heterocycles. The van der Waals surface area contributed by atoms with Crippen LogP contribution in [0.5, 0.6) is 0 Å². The number of nitro groups is 1. The number of sulfone groups is 1. The lowest BCUT2D eigenvalue weighted by molar-refractivity contribution is -0.385. The number of nitrogens with zero attached hydrogens (tertiary/aromatic N) is 2. The van der Waals surface area contributed by atoms with E-state index in [0.29, 0.717) is 18.8 Å². The normalized spacial score (nSPS) is 13.4. The van der Waals surface area contributed by atoms with Gasteiger partial charge >= 0.3 is 0 Å². The minimum Gasteiger partial charge on any atom is -0.362 e. The quantitative estimate of drug-likeness (QED) is 0.492. The molecular formula is C21H18N2O4S. The number of non-ortho nitro benzene ring substituents is 1. The number of benzene rings is 3. The maximum Gasteiger partial charge on any atom is 0.270 e. The molecule has 0 amide bonds. The number of anilines is 1. The van der Waals surface area contributed by atoms with Crippen molar-refractivity contribution in [1.82, 2.24) is 0 Å². The van der Waals surface area contributed by atoms with E-state index in [4.69, 9.17) is 0 Å². The van der Waals surface area contributed by atoms with Crippen LogP contribution in [-0.4, -0.2) is 19.6 Å². The van der Waals surface area contributed by atoms with Gasteiger partial charge in [-0.3, -0.25) is 10.1 Å². The minimum atomic E-state index is -3.65. The summed E-state index contributed by atoms with van der Waals surface area (Å²) in [7, 11) is -3.65. The fourth-order valence-corrected chi connectivity index (χ4v) is 4.57. The zero-order chi connectivity index (χ0) is 19.9. The molecule has 1 aliphatic rings. The van der Waals surface area contributed by atoms with Crippen molar-refractivity contribution in [3.8, 4) is 11.1 Å². The summed E-state index contributed by atoms with van der Waals surface area (Å²) in [6, 6.07) is 20.1. The van der Waals surface area contributed by atoms with E-state index < -0.39 is 14.8 Å². The van der Waals surface area contributed by atoms with Gasteiger partial charge in [0.05, 0.1) is 15.5 Å². The molecule has 142 valence electrons. The molecule has 0 unspecified atom stereocenters. The highest BCUT2D eigenvalue weighted by atomic mass is 32.2. The van der Waals surface area contributed by atoms with Crippen LogP contribution in [0.2, 0.25) is 0 Å². The molecular weight excluding hydrogens is 376 g/mol. The third-order valence-corrected chi connectivity index (χ3v) is 6.07. The summed E-state index contributed by atoms with van der Waals surface area (Å²) in [4.78, 5) is 12.5. The molecule has 1 heterocycles. The van der Waals surface area contributed by atoms with Crippen LogP contribution in [0.15, 0.2) is 71.6 Å². The van der Waals surface area contributed by atoms with Crippen molar-refractivity contribution in [1.29, 1.82) is 0 Å². The third-order valence-electron chi connectivity index (χ3n) is 4.94. The summed E-state index contributed by atoms with van der Waals surface area (Å²) in [5.41, 5.74) is 4.61. The fourth-order valence-electron chi connectivity index (χ4n) is 3.65. The predicted octanol–water partition coefficient (Wildman–Crippen LogP) is 4.19. The summed E-state index contributed by atoms with van der Waals surface area (Å²) in [6.45, 7) is 1.01. The predicted molar refractivity (Wildman–Crippen MR) is 108 cm³/mol. The highest BCUT2D eigenvalue weighted by Crippen LogP contribution is 2.37. The van der Waals surface area contributed by atoms with Crippen LogP contribution in [0.1, 0.15) is 11.1 Å². The Balaban J connectivity index is 1.91. The Hall–Kier alpha value is -3.19. The van der Waals surface area contributed by atoms with Gasteiger partial charge in [-0.2, -0.15) is 0 Å². The fraction of sp³-hybridized carbons (Fsp3) is 0.143. The molecule has 3 aromatic rings. The molecule has 0 spiro atoms. The van der Waals surface area contributed by atoms with Crippen LogP contribution in [0.4, 0.5) is 11.4 Å². The maximum atomic E-state index is 12.4. The maximum absolute atomic E-state index is 12.4. The van der Waals surface area contributed by atoms with E-state index in [1.807, 2.05) is 41.3 Å². The average Bonchev–Trinajstić information content (AvgIpc) is 2.83. The first kappa shape index (κ1) is 18.2. The SMILES string of the molecule is CS(=O)(=O)c1cc([N+](=O)[O-])ccc1N1Cc2ccccc2-c2ccccc2C1. The number of rotatable bonds is 3. The highest BCUT2D eigenvalue weighted by Gasteiger charge is 2.25. The minimum absolute atomic E-state index is 0.0291. The largest absolute Gasteiger partial charge is 0.362 e. The van der Waals surface area contributed by atoms with Crippen molar-refractivity contribution in [2.75, 3.05) is 11.2 Å². The van der Waals surface area contributed by atoms with Gasteiger partial charge in [-0.15, -0.1) is 0 Å². The van der Waals surface area contributed by atoms with Gasteiger partial charge in [-0.1, -0.05) is 48.5 Å². The second kappa shape index (κ2) is 6.76. The Bertz CT molecular complexity index is 1140. The lowest BCUT2D eigenvalue weighted by Crippen LogP contribution is -2.23. The van der Waals surface area contributed by atoms with Crippen LogP contribution in [0.3, 0.4) is 0 Å². The van der Waals surface area contributed by atoms with Gasteiger partial charge in [-0.25, -0.2) is 8.42 Å².